The molecule has 0 amide bonds. The smallest absolute Gasteiger partial charge is 0.336 e. The highest BCUT2D eigenvalue weighted by Crippen LogP contribution is 2.27. The Labute approximate surface area is 203 Å². The van der Waals surface area contributed by atoms with Crippen molar-refractivity contribution in [3.8, 4) is 0 Å². The molecule has 2 atom stereocenters. The Balaban J connectivity index is -0.000000611. The number of ether oxygens (including phenoxy) is 1. The van der Waals surface area contributed by atoms with E-state index in [-0.39, 0.29) is 17.8 Å². The van der Waals surface area contributed by atoms with E-state index in [0.29, 0.717) is 6.61 Å². The number of carbonyl (C=O) groups is 2. The summed E-state index contributed by atoms with van der Waals surface area (Å²) in [5.41, 5.74) is 0.352. The van der Waals surface area contributed by atoms with Gasteiger partial charge in [0.25, 0.3) is 0 Å². The van der Waals surface area contributed by atoms with E-state index in [2.05, 4.69) is 52.4 Å². The van der Waals surface area contributed by atoms with Gasteiger partial charge in [0.1, 0.15) is 11.3 Å². The molecule has 0 bridgehead atoms. The molecule has 33 heavy (non-hydrogen) atoms. The van der Waals surface area contributed by atoms with Gasteiger partial charge in [-0.2, -0.15) is 0 Å². The molecule has 4 N–H and O–H groups in total. The molecule has 0 rings (SSSR count). The van der Waals surface area contributed by atoms with Crippen LogP contribution in [0.15, 0.2) is 24.3 Å². The average Bonchev–Trinajstić information content (AvgIpc) is 2.63. The quantitative estimate of drug-likeness (QED) is 0.222. The molecule has 0 spiro atoms. The number of aliphatic hydroxyl groups excluding tert-OH is 2. The van der Waals surface area contributed by atoms with E-state index in [0.717, 1.165) is 6.42 Å². The van der Waals surface area contributed by atoms with Crippen molar-refractivity contribution in [2.45, 2.75) is 84.7 Å². The summed E-state index contributed by atoms with van der Waals surface area (Å²) in [5, 5.41) is 34.6. The molecule has 0 radical (unpaired) electrons. The second-order valence-corrected chi connectivity index (χ2v) is 21.8. The van der Waals surface area contributed by atoms with Gasteiger partial charge in [0.05, 0.1) is 6.61 Å². The van der Waals surface area contributed by atoms with Crippen LogP contribution in [0.1, 0.15) is 34.1 Å². The maximum atomic E-state index is 10.3. The van der Waals surface area contributed by atoms with Crippen molar-refractivity contribution < 1.29 is 43.0 Å². The van der Waals surface area contributed by atoms with Crippen molar-refractivity contribution in [2.75, 3.05) is 13.2 Å². The zero-order valence-corrected chi connectivity index (χ0v) is 25.2. The zero-order chi connectivity index (χ0) is 27.2. The first-order valence-electron chi connectivity index (χ1n) is 10.7. The second kappa shape index (κ2) is 16.5. The number of hydrogen-bond donors (Lipinski definition) is 4. The molecule has 0 aliphatic rings. The van der Waals surface area contributed by atoms with Crippen molar-refractivity contribution in [3.05, 3.63) is 24.3 Å². The van der Waals surface area contributed by atoms with Gasteiger partial charge in [-0.05, 0) is 66.5 Å². The first kappa shape index (κ1) is 36.4. The van der Waals surface area contributed by atoms with Crippen LogP contribution in [0.3, 0.4) is 0 Å². The molecule has 0 saturated carbocycles. The zero-order valence-electron chi connectivity index (χ0n) is 22.0. The Kier molecular flexibility index (Phi) is 18.2. The normalized spacial score (nSPS) is 14.1. The van der Waals surface area contributed by atoms with Crippen molar-refractivity contribution in [1.29, 1.82) is 0 Å². The summed E-state index contributed by atoms with van der Waals surface area (Å²) in [4.78, 5) is 19.2. The van der Waals surface area contributed by atoms with Crippen LogP contribution >= 0.6 is 0 Å². The highest BCUT2D eigenvalue weighted by atomic mass is 28.4. The van der Waals surface area contributed by atoms with Gasteiger partial charge in [0.2, 0.25) is 0 Å². The Hall–Kier alpha value is -1.13. The number of carboxylic acids is 2. The Bertz CT molecular complexity index is 563. The first-order valence-corrected chi connectivity index (χ1v) is 19.0. The molecule has 2 unspecified atom stereocenters. The Morgan fingerprint density at radius 1 is 0.939 bits per heavy atom. The molecule has 9 nitrogen and oxygen atoms in total. The van der Waals surface area contributed by atoms with Gasteiger partial charge in [0, 0.05) is 17.8 Å². The lowest BCUT2D eigenvalue weighted by atomic mass is 10.2. The van der Waals surface area contributed by atoms with E-state index in [4.69, 9.17) is 23.2 Å². The molecule has 0 heterocycles. The van der Waals surface area contributed by atoms with Gasteiger partial charge in [-0.25, -0.2) is 9.59 Å². The molecule has 0 saturated heterocycles. The topological polar surface area (TPSA) is 143 Å². The first-order chi connectivity index (χ1) is 14.6. The third kappa shape index (κ3) is 20.0. The van der Waals surface area contributed by atoms with Gasteiger partial charge in [-0.15, -0.1) is 0 Å². The van der Waals surface area contributed by atoms with E-state index in [9.17, 15) is 19.8 Å². The number of aliphatic carboxylic acids is 2. The third-order valence-electron chi connectivity index (χ3n) is 3.57. The molecule has 0 aromatic rings. The minimum atomic E-state index is -2.33. The van der Waals surface area contributed by atoms with Crippen LogP contribution in [0.2, 0.25) is 39.3 Å². The van der Waals surface area contributed by atoms with Crippen LogP contribution in [-0.4, -0.2) is 82.8 Å². The highest BCUT2D eigenvalue weighted by molar-refractivity contribution is 6.81. The maximum Gasteiger partial charge on any atom is 0.336 e. The minimum absolute atomic E-state index is 0.176. The van der Waals surface area contributed by atoms with E-state index in [1.165, 1.54) is 13.8 Å². The fraction of sp³-hybridized carbons (Fsp3) is 0.714. The fourth-order valence-corrected chi connectivity index (χ4v) is 10.0. The van der Waals surface area contributed by atoms with Crippen LogP contribution in [0.5, 0.6) is 0 Å². The van der Waals surface area contributed by atoms with E-state index in [1.54, 1.807) is 0 Å². The van der Waals surface area contributed by atoms with E-state index >= 15 is 0 Å². The lowest BCUT2D eigenvalue weighted by Crippen LogP contribution is -2.63. The predicted molar refractivity (Wildman–Crippen MR) is 139 cm³/mol. The molecule has 196 valence electrons. The lowest BCUT2D eigenvalue weighted by molar-refractivity contribution is -0.133. The maximum absolute atomic E-state index is 10.3. The molecular weight excluding hydrogens is 480 g/mol. The Morgan fingerprint density at radius 3 is 1.42 bits per heavy atom. The van der Waals surface area contributed by atoms with Gasteiger partial charge in [0.15, 0.2) is 16.6 Å². The van der Waals surface area contributed by atoms with Crippen molar-refractivity contribution in [3.63, 3.8) is 0 Å². The number of carboxylic acid groups (broad SMARTS) is 2. The van der Waals surface area contributed by atoms with E-state index < -0.39 is 49.2 Å². The largest absolute Gasteiger partial charge is 0.478 e. The summed E-state index contributed by atoms with van der Waals surface area (Å²) in [7, 11) is -6.01. The van der Waals surface area contributed by atoms with Crippen LogP contribution in [0, 0.1) is 0 Å². The van der Waals surface area contributed by atoms with Crippen molar-refractivity contribution in [2.24, 2.45) is 0 Å². The summed E-state index contributed by atoms with van der Waals surface area (Å²) >= 11 is 0. The molecule has 12 heteroatoms. The van der Waals surface area contributed by atoms with E-state index in [1.807, 2.05) is 13.8 Å². The average molecular weight is 527 g/mol. The Morgan fingerprint density at radius 2 is 1.24 bits per heavy atom. The number of aliphatic hydroxyl groups is 2. The second-order valence-electron chi connectivity index (χ2n) is 9.69. The van der Waals surface area contributed by atoms with Crippen LogP contribution < -0.4 is 0 Å². The number of hydrogen-bond acceptors (Lipinski definition) is 7. The highest BCUT2D eigenvalue weighted by Gasteiger charge is 2.49. The van der Waals surface area contributed by atoms with Gasteiger partial charge in [-0.1, -0.05) is 20.1 Å². The molecule has 0 fully saturated rings. The molecule has 0 aliphatic heterocycles. The summed E-state index contributed by atoms with van der Waals surface area (Å²) in [5.74, 6) is -1.87. The summed E-state index contributed by atoms with van der Waals surface area (Å²) in [6, 6.07) is 0. The third-order valence-corrected chi connectivity index (χ3v) is 12.4. The summed E-state index contributed by atoms with van der Waals surface area (Å²) < 4.78 is 18.5. The SMILES string of the molecule is C=C(C)C(=O)O.C=C(C)C(=O)O.CCCOC(C)(C(O)CO)[SiH](O[Si](C)(C)C)O[Si](C)(C)C. The number of rotatable bonds is 12. The van der Waals surface area contributed by atoms with Crippen LogP contribution in [0.4, 0.5) is 0 Å². The summed E-state index contributed by atoms with van der Waals surface area (Å²) in [6.45, 7) is 25.8. The summed E-state index contributed by atoms with van der Waals surface area (Å²) in [6.07, 6.45) is -0.150. The monoisotopic (exact) mass is 526 g/mol. The van der Waals surface area contributed by atoms with Crippen molar-refractivity contribution in [1.82, 2.24) is 0 Å². The predicted octanol–water partition coefficient (Wildman–Crippen LogP) is 3.28. The van der Waals surface area contributed by atoms with Gasteiger partial charge < -0.3 is 33.4 Å². The lowest BCUT2D eigenvalue weighted by Gasteiger charge is -2.43. The molecular formula is C21H46O9Si3. The minimum Gasteiger partial charge on any atom is -0.478 e. The molecule has 0 aliphatic carbocycles. The van der Waals surface area contributed by atoms with Crippen LogP contribution in [-0.2, 0) is 22.6 Å². The standard InChI is InChI=1S/C13H34O5Si3.2C4H6O2/c1-9-10-16-13(2,12(15)11-14)19(17-20(3,4)5)18-21(6,7)8;2*1-3(2)4(5)6/h12,14-15,19H,9-11H2,1-8H3;2*1H2,2H3,(H,5,6). The van der Waals surface area contributed by atoms with Gasteiger partial charge >= 0.3 is 21.2 Å². The molecule has 0 aromatic heterocycles. The van der Waals surface area contributed by atoms with Crippen LogP contribution in [0.25, 0.3) is 0 Å². The van der Waals surface area contributed by atoms with Gasteiger partial charge in [-0.3, -0.25) is 0 Å². The van der Waals surface area contributed by atoms with Crippen molar-refractivity contribution >= 4 is 37.9 Å². The fourth-order valence-electron chi connectivity index (χ4n) is 1.72. The molecule has 0 aromatic carbocycles.